The highest BCUT2D eigenvalue weighted by Gasteiger charge is 2.37. The van der Waals surface area contributed by atoms with E-state index in [1.54, 1.807) is 23.1 Å². The number of carbonyl (C=O) groups excluding carboxylic acids is 1. The Morgan fingerprint density at radius 1 is 1.00 bits per heavy atom. The Hall–Kier alpha value is -3.44. The lowest BCUT2D eigenvalue weighted by molar-refractivity contribution is -0.146. The van der Waals surface area contributed by atoms with Crippen molar-refractivity contribution in [2.24, 2.45) is 0 Å². The summed E-state index contributed by atoms with van der Waals surface area (Å²) >= 11 is 0. The molecule has 2 amide bonds. The molecule has 0 spiro atoms. The van der Waals surface area contributed by atoms with Gasteiger partial charge in [-0.3, -0.25) is 0 Å². The van der Waals surface area contributed by atoms with Crippen molar-refractivity contribution in [2.45, 2.75) is 19.1 Å². The maximum absolute atomic E-state index is 13.1. The molecule has 0 unspecified atom stereocenters. The van der Waals surface area contributed by atoms with Gasteiger partial charge in [-0.2, -0.15) is 17.7 Å². The average molecular weight is 437 g/mol. The van der Waals surface area contributed by atoms with Gasteiger partial charge in [0, 0.05) is 32.7 Å². The topological polar surface area (TPSA) is 78.7 Å². The summed E-state index contributed by atoms with van der Waals surface area (Å²) in [6.45, 7) is 2.08. The van der Waals surface area contributed by atoms with Crippen LogP contribution < -0.4 is 10.2 Å². The van der Waals surface area contributed by atoms with E-state index in [9.17, 15) is 22.4 Å². The molecule has 164 valence electrons. The Balaban J connectivity index is 1.40. The molecule has 0 bridgehead atoms. The van der Waals surface area contributed by atoms with Crippen LogP contribution in [0.3, 0.4) is 0 Å². The summed E-state index contributed by atoms with van der Waals surface area (Å²) < 4.78 is 53.0. The van der Waals surface area contributed by atoms with E-state index >= 15 is 0 Å². The second-order valence-corrected chi connectivity index (χ2v) is 7.10. The SMILES string of the molecule is O=C(NCc1ccc(F)cc1)N1CCCN(c2ccc3nnc(C(F)(F)F)n3n2)CC1. The molecule has 31 heavy (non-hydrogen) atoms. The number of aromatic nitrogens is 4. The molecule has 1 N–H and O–H groups in total. The molecule has 0 atom stereocenters. The molecule has 1 saturated heterocycles. The Kier molecular flexibility index (Phi) is 5.61. The van der Waals surface area contributed by atoms with Crippen molar-refractivity contribution in [1.29, 1.82) is 0 Å². The van der Waals surface area contributed by atoms with E-state index in [4.69, 9.17) is 0 Å². The van der Waals surface area contributed by atoms with E-state index in [1.807, 2.05) is 4.90 Å². The van der Waals surface area contributed by atoms with Gasteiger partial charge in [0.05, 0.1) is 0 Å². The van der Waals surface area contributed by atoms with Crippen molar-refractivity contribution in [3.05, 3.63) is 53.6 Å². The van der Waals surface area contributed by atoms with Gasteiger partial charge in [-0.05, 0) is 36.2 Å². The molecule has 1 aliphatic rings. The molecule has 0 radical (unpaired) electrons. The van der Waals surface area contributed by atoms with Crippen LogP contribution >= 0.6 is 0 Å². The van der Waals surface area contributed by atoms with Crippen molar-refractivity contribution in [3.63, 3.8) is 0 Å². The number of amides is 2. The van der Waals surface area contributed by atoms with Crippen LogP contribution in [0.25, 0.3) is 5.65 Å². The predicted molar refractivity (Wildman–Crippen MR) is 103 cm³/mol. The second-order valence-electron chi connectivity index (χ2n) is 7.10. The number of carbonyl (C=O) groups is 1. The molecule has 8 nitrogen and oxygen atoms in total. The number of nitrogens with one attached hydrogen (secondary N) is 1. The second kappa shape index (κ2) is 8.36. The third-order valence-corrected chi connectivity index (χ3v) is 4.97. The molecule has 0 aliphatic carbocycles. The van der Waals surface area contributed by atoms with Gasteiger partial charge in [0.2, 0.25) is 0 Å². The summed E-state index contributed by atoms with van der Waals surface area (Å²) in [6, 6.07) is 8.62. The van der Waals surface area contributed by atoms with Crippen molar-refractivity contribution in [3.8, 4) is 0 Å². The van der Waals surface area contributed by atoms with Crippen LogP contribution in [0, 0.1) is 5.82 Å². The van der Waals surface area contributed by atoms with Gasteiger partial charge in [0.15, 0.2) is 5.65 Å². The third kappa shape index (κ3) is 4.67. The van der Waals surface area contributed by atoms with Crippen LogP contribution in [0.1, 0.15) is 17.8 Å². The van der Waals surface area contributed by atoms with Gasteiger partial charge in [-0.15, -0.1) is 15.3 Å². The maximum atomic E-state index is 13.1. The van der Waals surface area contributed by atoms with Crippen molar-refractivity contribution >= 4 is 17.5 Å². The molecule has 0 saturated carbocycles. The number of hydrogen-bond donors (Lipinski definition) is 1. The smallest absolute Gasteiger partial charge is 0.353 e. The Morgan fingerprint density at radius 3 is 2.52 bits per heavy atom. The van der Waals surface area contributed by atoms with Gasteiger partial charge in [-0.25, -0.2) is 9.18 Å². The zero-order valence-corrected chi connectivity index (χ0v) is 16.3. The van der Waals surface area contributed by atoms with Crippen LogP contribution in [-0.4, -0.2) is 56.9 Å². The summed E-state index contributed by atoms with van der Waals surface area (Å²) in [6.07, 6.45) is -4.04. The largest absolute Gasteiger partial charge is 0.453 e. The summed E-state index contributed by atoms with van der Waals surface area (Å²) in [4.78, 5) is 16.0. The fourth-order valence-electron chi connectivity index (χ4n) is 3.37. The van der Waals surface area contributed by atoms with Crippen LogP contribution in [0.15, 0.2) is 36.4 Å². The molecule has 2 aromatic heterocycles. The number of urea groups is 1. The Bertz CT molecular complexity index is 1070. The highest BCUT2D eigenvalue weighted by atomic mass is 19.4. The summed E-state index contributed by atoms with van der Waals surface area (Å²) in [5.41, 5.74) is 0.783. The van der Waals surface area contributed by atoms with Gasteiger partial charge >= 0.3 is 12.2 Å². The Labute approximate surface area is 174 Å². The first kappa shape index (κ1) is 20.8. The number of alkyl halides is 3. The maximum Gasteiger partial charge on any atom is 0.453 e. The van der Waals surface area contributed by atoms with Gasteiger partial charge < -0.3 is 15.1 Å². The van der Waals surface area contributed by atoms with Crippen molar-refractivity contribution in [1.82, 2.24) is 30.0 Å². The van der Waals surface area contributed by atoms with E-state index in [0.29, 0.717) is 42.9 Å². The van der Waals surface area contributed by atoms with Crippen LogP contribution in [0.2, 0.25) is 0 Å². The average Bonchev–Trinajstić information content (AvgIpc) is 3.02. The molecule has 1 aliphatic heterocycles. The van der Waals surface area contributed by atoms with E-state index in [-0.39, 0.29) is 24.0 Å². The van der Waals surface area contributed by atoms with Crippen LogP contribution in [0.5, 0.6) is 0 Å². The standard InChI is InChI=1S/C19H19F4N7O/c20-14-4-2-13(3-5-14)12-24-18(31)29-9-1-8-28(10-11-29)16-7-6-15-25-26-17(19(21,22)23)30(15)27-16/h2-7H,1,8-12H2,(H,24,31). The fourth-order valence-corrected chi connectivity index (χ4v) is 3.37. The summed E-state index contributed by atoms with van der Waals surface area (Å²) in [7, 11) is 0. The monoisotopic (exact) mass is 437 g/mol. The lowest BCUT2D eigenvalue weighted by Crippen LogP contribution is -2.41. The van der Waals surface area contributed by atoms with Gasteiger partial charge in [0.1, 0.15) is 11.6 Å². The lowest BCUT2D eigenvalue weighted by Gasteiger charge is -2.23. The number of fused-ring (bicyclic) bond motifs is 1. The van der Waals surface area contributed by atoms with Crippen LogP contribution in [-0.2, 0) is 12.7 Å². The highest BCUT2D eigenvalue weighted by molar-refractivity contribution is 5.74. The number of rotatable bonds is 3. The molecule has 12 heteroatoms. The minimum atomic E-state index is -4.66. The normalized spacial score (nSPS) is 15.2. The summed E-state index contributed by atoms with van der Waals surface area (Å²) in [5.74, 6) is -1.17. The molecule has 4 rings (SSSR count). The molecule has 3 aromatic rings. The zero-order chi connectivity index (χ0) is 22.0. The number of anilines is 1. The van der Waals surface area contributed by atoms with E-state index in [2.05, 4.69) is 20.6 Å². The first-order valence-electron chi connectivity index (χ1n) is 9.63. The third-order valence-electron chi connectivity index (χ3n) is 4.97. The van der Waals surface area contributed by atoms with E-state index < -0.39 is 12.0 Å². The molecular formula is C19H19F4N7O. The number of nitrogens with zero attached hydrogens (tertiary/aromatic N) is 6. The minimum Gasteiger partial charge on any atom is -0.353 e. The number of hydrogen-bond acceptors (Lipinski definition) is 5. The molecular weight excluding hydrogens is 418 g/mol. The highest BCUT2D eigenvalue weighted by Crippen LogP contribution is 2.28. The van der Waals surface area contributed by atoms with Gasteiger partial charge in [0.25, 0.3) is 5.82 Å². The number of halogens is 4. The van der Waals surface area contributed by atoms with Gasteiger partial charge in [-0.1, -0.05) is 12.1 Å². The minimum absolute atomic E-state index is 0.00712. The Morgan fingerprint density at radius 2 is 1.77 bits per heavy atom. The van der Waals surface area contributed by atoms with Crippen LogP contribution in [0.4, 0.5) is 28.2 Å². The molecule has 1 fully saturated rings. The predicted octanol–water partition coefficient (Wildman–Crippen LogP) is 2.70. The van der Waals surface area contributed by atoms with Crippen molar-refractivity contribution in [2.75, 3.05) is 31.1 Å². The summed E-state index contributed by atoms with van der Waals surface area (Å²) in [5, 5.41) is 13.6. The molecule has 1 aromatic carbocycles. The molecule has 3 heterocycles. The zero-order valence-electron chi connectivity index (χ0n) is 16.3. The first-order chi connectivity index (χ1) is 14.8. The van der Waals surface area contributed by atoms with E-state index in [1.165, 1.54) is 18.2 Å². The first-order valence-corrected chi connectivity index (χ1v) is 9.63. The van der Waals surface area contributed by atoms with Crippen molar-refractivity contribution < 1.29 is 22.4 Å². The fraction of sp³-hybridized carbons (Fsp3) is 0.368. The van der Waals surface area contributed by atoms with E-state index in [0.717, 1.165) is 5.56 Å². The number of benzene rings is 1. The quantitative estimate of drug-likeness (QED) is 0.638. The lowest BCUT2D eigenvalue weighted by atomic mass is 10.2.